The van der Waals surface area contributed by atoms with Crippen molar-refractivity contribution in [3.63, 3.8) is 0 Å². The number of hydrogen-bond donors (Lipinski definition) is 1. The van der Waals surface area contributed by atoms with Gasteiger partial charge in [-0.05, 0) is 41.5 Å². The second-order valence-corrected chi connectivity index (χ2v) is 5.94. The molecular formula is C14H13ClIN3O. The van der Waals surface area contributed by atoms with Crippen LogP contribution in [-0.2, 0) is 0 Å². The predicted octanol–water partition coefficient (Wildman–Crippen LogP) is 3.41. The molecule has 0 unspecified atom stereocenters. The Morgan fingerprint density at radius 2 is 2.30 bits per heavy atom. The molecule has 20 heavy (non-hydrogen) atoms. The quantitative estimate of drug-likeness (QED) is 0.621. The van der Waals surface area contributed by atoms with Crippen molar-refractivity contribution in [3.05, 3.63) is 38.1 Å². The molecular weight excluding hydrogens is 389 g/mol. The summed E-state index contributed by atoms with van der Waals surface area (Å²) in [6.07, 6.45) is 3.68. The third-order valence-electron chi connectivity index (χ3n) is 2.85. The summed E-state index contributed by atoms with van der Waals surface area (Å²) in [6.45, 7) is 0. The van der Waals surface area contributed by atoms with Crippen LogP contribution < -0.4 is 10.5 Å². The number of allylic oxidation sites excluding steroid dienone is 1. The number of rotatable bonds is 4. The van der Waals surface area contributed by atoms with E-state index in [2.05, 4.69) is 33.7 Å². The second-order valence-electron chi connectivity index (χ2n) is 4.34. The van der Waals surface area contributed by atoms with Crippen LogP contribution in [-0.4, -0.2) is 18.9 Å². The zero-order chi connectivity index (χ0) is 14.7. The van der Waals surface area contributed by atoms with Gasteiger partial charge in [0.1, 0.15) is 17.4 Å². The average Bonchev–Trinajstić information content (AvgIpc) is 3.23. The molecule has 0 heterocycles. The first kappa shape index (κ1) is 15.1. The van der Waals surface area contributed by atoms with Gasteiger partial charge in [-0.2, -0.15) is 5.26 Å². The van der Waals surface area contributed by atoms with E-state index in [1.54, 1.807) is 19.2 Å². The van der Waals surface area contributed by atoms with Crippen LogP contribution in [0.5, 0.6) is 5.75 Å². The van der Waals surface area contributed by atoms with Gasteiger partial charge < -0.3 is 10.5 Å². The Bertz CT molecular complexity index is 630. The third kappa shape index (κ3) is 3.25. The Hall–Kier alpha value is -1.26. The summed E-state index contributed by atoms with van der Waals surface area (Å²) in [5.41, 5.74) is 7.26. The molecule has 1 fully saturated rings. The fourth-order valence-corrected chi connectivity index (χ4v) is 2.52. The van der Waals surface area contributed by atoms with Gasteiger partial charge in [0.2, 0.25) is 0 Å². The molecule has 0 amide bonds. The normalized spacial score (nSPS) is 15.9. The molecule has 6 heteroatoms. The predicted molar refractivity (Wildman–Crippen MR) is 88.6 cm³/mol. The monoisotopic (exact) mass is 401 g/mol. The van der Waals surface area contributed by atoms with Crippen LogP contribution in [0.3, 0.4) is 0 Å². The number of benzene rings is 1. The van der Waals surface area contributed by atoms with E-state index < -0.39 is 0 Å². The van der Waals surface area contributed by atoms with E-state index >= 15 is 0 Å². The van der Waals surface area contributed by atoms with Crippen molar-refractivity contribution >= 4 is 39.9 Å². The van der Waals surface area contributed by atoms with Crippen LogP contribution >= 0.6 is 34.2 Å². The SMILES string of the molecule is CN=C(C(I)=CN)c1cc(Cl)cc(OC2CC2)c1C#N. The molecule has 1 aromatic carbocycles. The van der Waals surface area contributed by atoms with E-state index in [1.165, 1.54) is 6.20 Å². The zero-order valence-electron chi connectivity index (χ0n) is 10.9. The Balaban J connectivity index is 2.56. The summed E-state index contributed by atoms with van der Waals surface area (Å²) in [6, 6.07) is 5.57. The molecule has 0 saturated heterocycles. The number of nitriles is 1. The standard InChI is InChI=1S/C14H13ClIN3O/c1-19-14(12(16)7-18)10-4-8(15)5-13(11(10)6-17)20-9-2-3-9/h4-5,7,9H,2-3,18H2,1H3. The summed E-state index contributed by atoms with van der Waals surface area (Å²) in [7, 11) is 1.65. The van der Waals surface area contributed by atoms with Gasteiger partial charge in [-0.25, -0.2) is 0 Å². The molecule has 2 N–H and O–H groups in total. The van der Waals surface area contributed by atoms with Gasteiger partial charge in [-0.1, -0.05) is 11.6 Å². The molecule has 2 rings (SSSR count). The minimum Gasteiger partial charge on any atom is -0.489 e. The second kappa shape index (κ2) is 6.46. The van der Waals surface area contributed by atoms with E-state index in [0.717, 1.165) is 16.4 Å². The maximum absolute atomic E-state index is 9.44. The van der Waals surface area contributed by atoms with Crippen molar-refractivity contribution in [2.75, 3.05) is 7.05 Å². The first-order chi connectivity index (χ1) is 9.60. The molecule has 1 aliphatic rings. The van der Waals surface area contributed by atoms with Crippen LogP contribution in [0.15, 0.2) is 26.9 Å². The molecule has 1 aliphatic carbocycles. The molecule has 0 radical (unpaired) electrons. The number of nitrogens with two attached hydrogens (primary N) is 1. The highest BCUT2D eigenvalue weighted by Crippen LogP contribution is 2.34. The lowest BCUT2D eigenvalue weighted by atomic mass is 10.0. The summed E-state index contributed by atoms with van der Waals surface area (Å²) in [4.78, 5) is 4.21. The Kier molecular flexibility index (Phi) is 4.89. The minimum absolute atomic E-state index is 0.194. The van der Waals surface area contributed by atoms with Crippen LogP contribution in [0.4, 0.5) is 0 Å². The number of aliphatic imine (C=N–C) groups is 1. The highest BCUT2D eigenvalue weighted by atomic mass is 127. The largest absolute Gasteiger partial charge is 0.489 e. The number of halogens is 2. The molecule has 1 saturated carbocycles. The van der Waals surface area contributed by atoms with Crippen LogP contribution in [0.2, 0.25) is 5.02 Å². The summed E-state index contributed by atoms with van der Waals surface area (Å²) >= 11 is 8.21. The first-order valence-corrected chi connectivity index (χ1v) is 7.51. The summed E-state index contributed by atoms with van der Waals surface area (Å²) in [5, 5.41) is 9.95. The Morgan fingerprint density at radius 1 is 1.60 bits per heavy atom. The lowest BCUT2D eigenvalue weighted by molar-refractivity contribution is 0.302. The Morgan fingerprint density at radius 3 is 2.80 bits per heavy atom. The van der Waals surface area contributed by atoms with Crippen molar-refractivity contribution < 1.29 is 4.74 Å². The van der Waals surface area contributed by atoms with Crippen molar-refractivity contribution in [2.24, 2.45) is 10.7 Å². The van der Waals surface area contributed by atoms with Gasteiger partial charge in [0.05, 0.1) is 15.4 Å². The topological polar surface area (TPSA) is 71.4 Å². The van der Waals surface area contributed by atoms with Gasteiger partial charge >= 0.3 is 0 Å². The van der Waals surface area contributed by atoms with E-state index in [9.17, 15) is 5.26 Å². The molecule has 0 atom stereocenters. The van der Waals surface area contributed by atoms with E-state index in [0.29, 0.717) is 27.6 Å². The lowest BCUT2D eigenvalue weighted by Crippen LogP contribution is -2.08. The smallest absolute Gasteiger partial charge is 0.139 e. The molecule has 0 spiro atoms. The zero-order valence-corrected chi connectivity index (χ0v) is 13.8. The molecule has 104 valence electrons. The van der Waals surface area contributed by atoms with E-state index in [1.807, 2.05) is 0 Å². The third-order valence-corrected chi connectivity index (χ3v) is 3.94. The maximum Gasteiger partial charge on any atom is 0.139 e. The van der Waals surface area contributed by atoms with Crippen molar-refractivity contribution in [1.29, 1.82) is 5.26 Å². The number of nitrogens with zero attached hydrogens (tertiary/aromatic N) is 2. The van der Waals surface area contributed by atoms with E-state index in [-0.39, 0.29) is 6.10 Å². The van der Waals surface area contributed by atoms with E-state index in [4.69, 9.17) is 22.1 Å². The first-order valence-electron chi connectivity index (χ1n) is 6.06. The van der Waals surface area contributed by atoms with Crippen molar-refractivity contribution in [2.45, 2.75) is 18.9 Å². The molecule has 0 bridgehead atoms. The fourth-order valence-electron chi connectivity index (χ4n) is 1.78. The van der Waals surface area contributed by atoms with Crippen molar-refractivity contribution in [3.8, 4) is 11.8 Å². The average molecular weight is 402 g/mol. The highest BCUT2D eigenvalue weighted by Gasteiger charge is 2.26. The maximum atomic E-state index is 9.44. The summed E-state index contributed by atoms with van der Waals surface area (Å²) in [5.74, 6) is 0.514. The van der Waals surface area contributed by atoms with Crippen LogP contribution in [0.25, 0.3) is 0 Å². The van der Waals surface area contributed by atoms with Crippen LogP contribution in [0, 0.1) is 11.3 Å². The van der Waals surface area contributed by atoms with Gasteiger partial charge in [-0.15, -0.1) is 0 Å². The fraction of sp³-hybridized carbons (Fsp3) is 0.286. The van der Waals surface area contributed by atoms with Gasteiger partial charge in [-0.3, -0.25) is 4.99 Å². The van der Waals surface area contributed by atoms with Crippen molar-refractivity contribution in [1.82, 2.24) is 0 Å². The number of ether oxygens (including phenoxy) is 1. The van der Waals surface area contributed by atoms with Gasteiger partial charge in [0.15, 0.2) is 0 Å². The van der Waals surface area contributed by atoms with Crippen LogP contribution in [0.1, 0.15) is 24.0 Å². The molecule has 1 aromatic rings. The van der Waals surface area contributed by atoms with Gasteiger partial charge in [0, 0.05) is 29.9 Å². The lowest BCUT2D eigenvalue weighted by Gasteiger charge is -2.13. The highest BCUT2D eigenvalue weighted by molar-refractivity contribution is 14.1. The molecule has 0 aliphatic heterocycles. The minimum atomic E-state index is 0.194. The molecule has 4 nitrogen and oxygen atoms in total. The Labute approximate surface area is 136 Å². The number of hydrogen-bond acceptors (Lipinski definition) is 4. The summed E-state index contributed by atoms with van der Waals surface area (Å²) < 4.78 is 6.51. The molecule has 0 aromatic heterocycles. The van der Waals surface area contributed by atoms with Gasteiger partial charge in [0.25, 0.3) is 0 Å².